The number of nitrogens with zero attached hydrogens (tertiary/aromatic N) is 1. The highest BCUT2D eigenvalue weighted by molar-refractivity contribution is 5.86. The number of aromatic nitrogens is 1. The van der Waals surface area contributed by atoms with Crippen LogP contribution >= 0.6 is 0 Å². The molecule has 122 valence electrons. The highest BCUT2D eigenvalue weighted by Gasteiger charge is 2.32. The van der Waals surface area contributed by atoms with Crippen LogP contribution in [0.4, 0.5) is 13.2 Å². The highest BCUT2D eigenvalue weighted by atomic mass is 19.4. The van der Waals surface area contributed by atoms with Crippen LogP contribution in [-0.4, -0.2) is 22.9 Å². The first-order valence-corrected chi connectivity index (χ1v) is 7.01. The van der Waals surface area contributed by atoms with E-state index in [0.29, 0.717) is 0 Å². The molecule has 0 bridgehead atoms. The topological polar surface area (TPSA) is 60.3 Å². The zero-order chi connectivity index (χ0) is 16.6. The molecule has 1 amide bonds. The van der Waals surface area contributed by atoms with Crippen LogP contribution in [0.3, 0.4) is 0 Å². The Hall–Kier alpha value is -2.51. The standard InChI is InChI=1S/C15H13F3N2O3/c16-15(17,18)23-12-3-1-2-10-11(21)6-7-20(14(10)12)8-13(22)19-9-4-5-9/h1-3,6-7,9H,4-5,8H2,(H,19,22). The average Bonchev–Trinajstić information content (AvgIpc) is 3.24. The first-order valence-electron chi connectivity index (χ1n) is 7.01. The Bertz CT molecular complexity index is 810. The van der Waals surface area contributed by atoms with Gasteiger partial charge in [-0.3, -0.25) is 9.59 Å². The van der Waals surface area contributed by atoms with Crippen molar-refractivity contribution in [3.05, 3.63) is 40.7 Å². The number of rotatable bonds is 4. The molecule has 1 aromatic carbocycles. The summed E-state index contributed by atoms with van der Waals surface area (Å²) >= 11 is 0. The van der Waals surface area contributed by atoms with Gasteiger partial charge < -0.3 is 14.6 Å². The van der Waals surface area contributed by atoms with Gasteiger partial charge in [0.15, 0.2) is 11.2 Å². The molecular weight excluding hydrogens is 313 g/mol. The molecule has 0 radical (unpaired) electrons. The summed E-state index contributed by atoms with van der Waals surface area (Å²) in [6.07, 6.45) is -1.79. The van der Waals surface area contributed by atoms with Gasteiger partial charge in [0.1, 0.15) is 6.54 Å². The number of nitrogens with one attached hydrogen (secondary N) is 1. The molecule has 1 fully saturated rings. The maximum absolute atomic E-state index is 12.6. The number of hydrogen-bond donors (Lipinski definition) is 1. The second-order valence-electron chi connectivity index (χ2n) is 5.35. The van der Waals surface area contributed by atoms with Crippen LogP contribution in [-0.2, 0) is 11.3 Å². The SMILES string of the molecule is O=C(Cn1ccc(=O)c2cccc(OC(F)(F)F)c21)NC1CC1. The van der Waals surface area contributed by atoms with Crippen molar-refractivity contribution >= 4 is 16.8 Å². The summed E-state index contributed by atoms with van der Waals surface area (Å²) in [5, 5.41) is 2.81. The highest BCUT2D eigenvalue weighted by Crippen LogP contribution is 2.29. The van der Waals surface area contributed by atoms with Gasteiger partial charge >= 0.3 is 6.36 Å². The Morgan fingerprint density at radius 1 is 1.30 bits per heavy atom. The predicted molar refractivity (Wildman–Crippen MR) is 76.1 cm³/mol. The van der Waals surface area contributed by atoms with Gasteiger partial charge in [-0.2, -0.15) is 0 Å². The molecule has 5 nitrogen and oxygen atoms in total. The number of fused-ring (bicyclic) bond motifs is 1. The summed E-state index contributed by atoms with van der Waals surface area (Å²) in [6.45, 7) is -0.189. The third-order valence-corrected chi connectivity index (χ3v) is 3.44. The lowest BCUT2D eigenvalue weighted by molar-refractivity contribution is -0.274. The second-order valence-corrected chi connectivity index (χ2v) is 5.35. The number of halogens is 3. The monoisotopic (exact) mass is 326 g/mol. The van der Waals surface area contributed by atoms with Gasteiger partial charge in [0.2, 0.25) is 5.91 Å². The van der Waals surface area contributed by atoms with Crippen molar-refractivity contribution < 1.29 is 22.7 Å². The molecule has 0 unspecified atom stereocenters. The minimum atomic E-state index is -4.89. The maximum Gasteiger partial charge on any atom is 0.573 e. The fraction of sp³-hybridized carbons (Fsp3) is 0.333. The van der Waals surface area contributed by atoms with Crippen molar-refractivity contribution in [3.63, 3.8) is 0 Å². The Morgan fingerprint density at radius 2 is 2.04 bits per heavy atom. The van der Waals surface area contributed by atoms with E-state index in [-0.39, 0.29) is 29.4 Å². The number of amides is 1. The van der Waals surface area contributed by atoms with Gasteiger partial charge in [0, 0.05) is 23.7 Å². The van der Waals surface area contributed by atoms with Crippen LogP contribution in [0.25, 0.3) is 10.9 Å². The van der Waals surface area contributed by atoms with Crippen molar-refractivity contribution in [2.75, 3.05) is 0 Å². The van der Waals surface area contributed by atoms with Crippen LogP contribution in [0.2, 0.25) is 0 Å². The fourth-order valence-corrected chi connectivity index (χ4v) is 2.33. The molecule has 2 aromatic rings. The normalized spacial score (nSPS) is 14.7. The molecule has 0 saturated heterocycles. The van der Waals surface area contributed by atoms with Gasteiger partial charge in [-0.05, 0) is 25.0 Å². The Balaban J connectivity index is 2.03. The van der Waals surface area contributed by atoms with Crippen molar-refractivity contribution in [1.82, 2.24) is 9.88 Å². The molecule has 1 saturated carbocycles. The zero-order valence-electron chi connectivity index (χ0n) is 11.9. The summed E-state index contributed by atoms with van der Waals surface area (Å²) in [5.41, 5.74) is -0.491. The Kier molecular flexibility index (Phi) is 3.75. The van der Waals surface area contributed by atoms with E-state index in [0.717, 1.165) is 18.9 Å². The molecule has 0 spiro atoms. The Morgan fingerprint density at radius 3 is 2.70 bits per heavy atom. The predicted octanol–water partition coefficient (Wildman–Crippen LogP) is 2.18. The number of benzene rings is 1. The largest absolute Gasteiger partial charge is 0.573 e. The summed E-state index contributed by atoms with van der Waals surface area (Å²) < 4.78 is 42.9. The van der Waals surface area contributed by atoms with Gasteiger partial charge in [-0.1, -0.05) is 6.07 Å². The van der Waals surface area contributed by atoms with Gasteiger partial charge in [-0.25, -0.2) is 0 Å². The number of alkyl halides is 3. The number of ether oxygens (including phenoxy) is 1. The number of hydrogen-bond acceptors (Lipinski definition) is 3. The molecule has 23 heavy (non-hydrogen) atoms. The minimum absolute atomic E-state index is 0.0525. The van der Waals surface area contributed by atoms with Crippen LogP contribution in [0, 0.1) is 0 Å². The quantitative estimate of drug-likeness (QED) is 0.937. The first-order chi connectivity index (χ1) is 10.8. The molecule has 1 aromatic heterocycles. The molecule has 1 N–H and O–H groups in total. The second kappa shape index (κ2) is 5.60. The molecule has 1 aliphatic rings. The molecular formula is C15H13F3N2O3. The number of carbonyl (C=O) groups is 1. The van der Waals surface area contributed by atoms with E-state index in [4.69, 9.17) is 0 Å². The van der Waals surface area contributed by atoms with Gasteiger partial charge in [-0.15, -0.1) is 13.2 Å². The summed E-state index contributed by atoms with van der Waals surface area (Å²) in [6, 6.07) is 5.17. The van der Waals surface area contributed by atoms with Crippen molar-refractivity contribution in [2.45, 2.75) is 31.8 Å². The van der Waals surface area contributed by atoms with E-state index in [1.807, 2.05) is 0 Å². The molecule has 3 rings (SSSR count). The third-order valence-electron chi connectivity index (χ3n) is 3.44. The van der Waals surface area contributed by atoms with Crippen LogP contribution < -0.4 is 15.5 Å². The number of para-hydroxylation sites is 1. The zero-order valence-corrected chi connectivity index (χ0v) is 11.9. The smallest absolute Gasteiger partial charge is 0.404 e. The van der Waals surface area contributed by atoms with Crippen LogP contribution in [0.5, 0.6) is 5.75 Å². The van der Waals surface area contributed by atoms with E-state index >= 15 is 0 Å². The lowest BCUT2D eigenvalue weighted by Gasteiger charge is -2.15. The van der Waals surface area contributed by atoms with E-state index < -0.39 is 17.5 Å². The summed E-state index contributed by atoms with van der Waals surface area (Å²) in [5.74, 6) is -0.828. The van der Waals surface area contributed by atoms with E-state index in [1.54, 1.807) is 0 Å². The molecule has 8 heteroatoms. The Labute approximate surface area is 128 Å². The number of pyridine rings is 1. The van der Waals surface area contributed by atoms with Crippen molar-refractivity contribution in [3.8, 4) is 5.75 Å². The average molecular weight is 326 g/mol. The molecule has 0 atom stereocenters. The van der Waals surface area contributed by atoms with Gasteiger partial charge in [0.25, 0.3) is 0 Å². The first kappa shape index (κ1) is 15.4. The van der Waals surface area contributed by atoms with E-state index in [9.17, 15) is 22.8 Å². The maximum atomic E-state index is 12.6. The van der Waals surface area contributed by atoms with Gasteiger partial charge in [0.05, 0.1) is 5.52 Å². The van der Waals surface area contributed by atoms with Crippen molar-refractivity contribution in [2.24, 2.45) is 0 Å². The molecule has 1 aliphatic carbocycles. The van der Waals surface area contributed by atoms with Crippen molar-refractivity contribution in [1.29, 1.82) is 0 Å². The summed E-state index contributed by atoms with van der Waals surface area (Å²) in [7, 11) is 0. The summed E-state index contributed by atoms with van der Waals surface area (Å²) in [4.78, 5) is 23.8. The third kappa shape index (κ3) is 3.64. The fourth-order valence-electron chi connectivity index (χ4n) is 2.33. The van der Waals surface area contributed by atoms with E-state index in [2.05, 4.69) is 10.1 Å². The van der Waals surface area contributed by atoms with E-state index in [1.165, 1.54) is 29.0 Å². The molecule has 0 aliphatic heterocycles. The minimum Gasteiger partial charge on any atom is -0.404 e. The molecule has 1 heterocycles. The lowest BCUT2D eigenvalue weighted by atomic mass is 10.2. The number of carbonyl (C=O) groups excluding carboxylic acids is 1. The van der Waals surface area contributed by atoms with Crippen LogP contribution in [0.1, 0.15) is 12.8 Å². The lowest BCUT2D eigenvalue weighted by Crippen LogP contribution is -2.30. The van der Waals surface area contributed by atoms with Crippen LogP contribution in [0.15, 0.2) is 35.3 Å².